The molecule has 0 saturated heterocycles. The number of rotatable bonds is 6. The van der Waals surface area contributed by atoms with Crippen molar-refractivity contribution in [2.75, 3.05) is 5.75 Å². The summed E-state index contributed by atoms with van der Waals surface area (Å²) < 4.78 is 1.05. The van der Waals surface area contributed by atoms with Crippen molar-refractivity contribution < 1.29 is 9.90 Å². The largest absolute Gasteiger partial charge is 0.508 e. The molecule has 0 atom stereocenters. The highest BCUT2D eigenvalue weighted by Gasteiger charge is 2.02. The first kappa shape index (κ1) is 16.6. The van der Waals surface area contributed by atoms with E-state index in [2.05, 4.69) is 26.5 Å². The Bertz CT molecular complexity index is 659. The maximum absolute atomic E-state index is 11.7. The maximum atomic E-state index is 11.7. The molecule has 114 valence electrons. The lowest BCUT2D eigenvalue weighted by molar-refractivity contribution is -0.118. The molecule has 0 saturated carbocycles. The zero-order chi connectivity index (χ0) is 15.8. The molecule has 0 spiro atoms. The van der Waals surface area contributed by atoms with Crippen LogP contribution in [0.25, 0.3) is 0 Å². The molecule has 0 aromatic heterocycles. The molecule has 0 bridgehead atoms. The third kappa shape index (κ3) is 5.54. The van der Waals surface area contributed by atoms with Crippen LogP contribution >= 0.6 is 27.7 Å². The zero-order valence-corrected chi connectivity index (χ0v) is 14.1. The predicted octanol–water partition coefficient (Wildman–Crippen LogP) is 3.54. The summed E-state index contributed by atoms with van der Waals surface area (Å²) in [6, 6.07) is 14.5. The quantitative estimate of drug-likeness (QED) is 0.596. The van der Waals surface area contributed by atoms with Gasteiger partial charge in [0.1, 0.15) is 5.75 Å². The van der Waals surface area contributed by atoms with Crippen LogP contribution < -0.4 is 5.43 Å². The standard InChI is InChI=1S/C16H15BrN2O2S/c17-15-4-2-1-3-13(15)10-22-11-16(21)19-18-9-12-5-7-14(20)8-6-12/h1-9,20H,10-11H2,(H,19,21)/b18-9+. The van der Waals surface area contributed by atoms with Gasteiger partial charge in [-0.2, -0.15) is 5.10 Å². The van der Waals surface area contributed by atoms with E-state index in [1.807, 2.05) is 24.3 Å². The van der Waals surface area contributed by atoms with Crippen molar-refractivity contribution in [2.45, 2.75) is 5.75 Å². The van der Waals surface area contributed by atoms with E-state index >= 15 is 0 Å². The number of aromatic hydroxyl groups is 1. The minimum Gasteiger partial charge on any atom is -0.508 e. The number of benzene rings is 2. The molecule has 0 heterocycles. The van der Waals surface area contributed by atoms with Crippen LogP contribution in [0.4, 0.5) is 0 Å². The van der Waals surface area contributed by atoms with Crippen molar-refractivity contribution in [3.05, 3.63) is 64.1 Å². The second-order valence-corrected chi connectivity index (χ2v) is 6.31. The SMILES string of the molecule is O=C(CSCc1ccccc1Br)N/N=C/c1ccc(O)cc1. The fourth-order valence-electron chi connectivity index (χ4n) is 1.64. The van der Waals surface area contributed by atoms with Crippen LogP contribution in [0.1, 0.15) is 11.1 Å². The summed E-state index contributed by atoms with van der Waals surface area (Å²) in [5, 5.41) is 13.0. The van der Waals surface area contributed by atoms with Crippen molar-refractivity contribution >= 4 is 39.8 Å². The van der Waals surface area contributed by atoms with Crippen molar-refractivity contribution in [2.24, 2.45) is 5.10 Å². The van der Waals surface area contributed by atoms with Crippen LogP contribution in [0.3, 0.4) is 0 Å². The van der Waals surface area contributed by atoms with Gasteiger partial charge in [-0.05, 0) is 41.5 Å². The molecule has 6 heteroatoms. The number of thioether (sulfide) groups is 1. The van der Waals surface area contributed by atoms with Crippen LogP contribution in [-0.2, 0) is 10.5 Å². The number of halogens is 1. The van der Waals surface area contributed by atoms with E-state index in [0.717, 1.165) is 21.4 Å². The number of nitrogens with zero attached hydrogens (tertiary/aromatic N) is 1. The summed E-state index contributed by atoms with van der Waals surface area (Å²) in [5.74, 6) is 1.15. The van der Waals surface area contributed by atoms with Crippen LogP contribution in [0.5, 0.6) is 5.75 Å². The molecule has 2 aromatic carbocycles. The third-order valence-corrected chi connectivity index (χ3v) is 4.50. The molecule has 0 aliphatic rings. The number of carbonyl (C=O) groups excluding carboxylic acids is 1. The number of hydrogen-bond acceptors (Lipinski definition) is 4. The van der Waals surface area contributed by atoms with Gasteiger partial charge in [0, 0.05) is 10.2 Å². The molecule has 2 aromatic rings. The highest BCUT2D eigenvalue weighted by Crippen LogP contribution is 2.21. The minimum absolute atomic E-state index is 0.146. The zero-order valence-electron chi connectivity index (χ0n) is 11.7. The number of phenols is 1. The first-order chi connectivity index (χ1) is 10.6. The minimum atomic E-state index is -0.146. The molecular formula is C16H15BrN2O2S. The highest BCUT2D eigenvalue weighted by atomic mass is 79.9. The van der Waals surface area contributed by atoms with E-state index in [9.17, 15) is 4.79 Å². The Hall–Kier alpha value is -1.79. The van der Waals surface area contributed by atoms with E-state index in [4.69, 9.17) is 5.11 Å². The van der Waals surface area contributed by atoms with E-state index < -0.39 is 0 Å². The number of phenolic OH excluding ortho intramolecular Hbond substituents is 1. The molecular weight excluding hydrogens is 364 g/mol. The number of amides is 1. The van der Waals surface area contributed by atoms with Crippen LogP contribution in [0.15, 0.2) is 58.1 Å². The molecule has 0 aliphatic carbocycles. The third-order valence-electron chi connectivity index (χ3n) is 2.74. The normalized spacial score (nSPS) is 10.8. The first-order valence-corrected chi connectivity index (χ1v) is 8.52. The summed E-state index contributed by atoms with van der Waals surface area (Å²) >= 11 is 5.01. The van der Waals surface area contributed by atoms with E-state index in [-0.39, 0.29) is 11.7 Å². The van der Waals surface area contributed by atoms with Gasteiger partial charge >= 0.3 is 0 Å². The second-order valence-electron chi connectivity index (χ2n) is 4.47. The summed E-state index contributed by atoms with van der Waals surface area (Å²) in [5.41, 5.74) is 4.45. The van der Waals surface area contributed by atoms with Gasteiger partial charge in [-0.1, -0.05) is 34.1 Å². The summed E-state index contributed by atoms with van der Waals surface area (Å²) in [4.78, 5) is 11.7. The fraction of sp³-hybridized carbons (Fsp3) is 0.125. The molecule has 2 N–H and O–H groups in total. The molecule has 22 heavy (non-hydrogen) atoms. The molecule has 0 fully saturated rings. The van der Waals surface area contributed by atoms with Crippen LogP contribution in [-0.4, -0.2) is 23.0 Å². The predicted molar refractivity (Wildman–Crippen MR) is 94.1 cm³/mol. The summed E-state index contributed by atoms with van der Waals surface area (Å²) in [6.07, 6.45) is 1.54. The van der Waals surface area contributed by atoms with Crippen molar-refractivity contribution in [1.82, 2.24) is 5.43 Å². The summed E-state index contributed by atoms with van der Waals surface area (Å²) in [6.45, 7) is 0. The van der Waals surface area contributed by atoms with Gasteiger partial charge in [-0.15, -0.1) is 11.8 Å². The lowest BCUT2D eigenvalue weighted by atomic mass is 10.2. The number of hydrogen-bond donors (Lipinski definition) is 2. The Morgan fingerprint density at radius 3 is 2.68 bits per heavy atom. The van der Waals surface area contributed by atoms with Gasteiger partial charge in [-0.3, -0.25) is 4.79 Å². The van der Waals surface area contributed by atoms with Crippen LogP contribution in [0.2, 0.25) is 0 Å². The Balaban J connectivity index is 1.72. The molecule has 1 amide bonds. The van der Waals surface area contributed by atoms with Gasteiger partial charge < -0.3 is 5.11 Å². The molecule has 2 rings (SSSR count). The average Bonchev–Trinajstić information content (AvgIpc) is 2.51. The Kier molecular flexibility index (Phi) is 6.48. The second kappa shape index (κ2) is 8.60. The summed E-state index contributed by atoms with van der Waals surface area (Å²) in [7, 11) is 0. The van der Waals surface area contributed by atoms with Gasteiger partial charge in [0.25, 0.3) is 0 Å². The Labute approximate surface area is 141 Å². The lowest BCUT2D eigenvalue weighted by Crippen LogP contribution is -2.19. The van der Waals surface area contributed by atoms with E-state index in [1.165, 1.54) is 18.0 Å². The number of hydrazone groups is 1. The van der Waals surface area contributed by atoms with Gasteiger partial charge in [0.15, 0.2) is 0 Å². The molecule has 4 nitrogen and oxygen atoms in total. The van der Waals surface area contributed by atoms with Gasteiger partial charge in [-0.25, -0.2) is 5.43 Å². The van der Waals surface area contributed by atoms with Crippen molar-refractivity contribution in [3.63, 3.8) is 0 Å². The Morgan fingerprint density at radius 1 is 1.23 bits per heavy atom. The smallest absolute Gasteiger partial charge is 0.250 e. The maximum Gasteiger partial charge on any atom is 0.250 e. The monoisotopic (exact) mass is 378 g/mol. The number of nitrogens with one attached hydrogen (secondary N) is 1. The van der Waals surface area contributed by atoms with Crippen LogP contribution in [0, 0.1) is 0 Å². The van der Waals surface area contributed by atoms with Gasteiger partial charge in [0.05, 0.1) is 12.0 Å². The van der Waals surface area contributed by atoms with E-state index in [0.29, 0.717) is 5.75 Å². The number of carbonyl (C=O) groups is 1. The topological polar surface area (TPSA) is 61.7 Å². The molecule has 0 unspecified atom stereocenters. The van der Waals surface area contributed by atoms with Crippen molar-refractivity contribution in [1.29, 1.82) is 0 Å². The van der Waals surface area contributed by atoms with Crippen molar-refractivity contribution in [3.8, 4) is 5.75 Å². The fourth-order valence-corrected chi connectivity index (χ4v) is 3.07. The highest BCUT2D eigenvalue weighted by molar-refractivity contribution is 9.10. The molecule has 0 aliphatic heterocycles. The Morgan fingerprint density at radius 2 is 1.95 bits per heavy atom. The molecule has 0 radical (unpaired) electrons. The van der Waals surface area contributed by atoms with Gasteiger partial charge in [0.2, 0.25) is 5.91 Å². The van der Waals surface area contributed by atoms with E-state index in [1.54, 1.807) is 24.3 Å². The first-order valence-electron chi connectivity index (χ1n) is 6.57. The average molecular weight is 379 g/mol. The lowest BCUT2D eigenvalue weighted by Gasteiger charge is -2.03.